The highest BCUT2D eigenvalue weighted by Gasteiger charge is 2.33. The Hall–Kier alpha value is -2.17. The van der Waals surface area contributed by atoms with E-state index < -0.39 is 17.9 Å². The van der Waals surface area contributed by atoms with Crippen molar-refractivity contribution in [3.8, 4) is 0 Å². The van der Waals surface area contributed by atoms with Crippen LogP contribution in [-0.4, -0.2) is 23.0 Å². The van der Waals surface area contributed by atoms with Gasteiger partial charge < -0.3 is 9.84 Å². The quantitative estimate of drug-likeness (QED) is 0.474. The summed E-state index contributed by atoms with van der Waals surface area (Å²) in [6, 6.07) is 2.69. The smallest absolute Gasteiger partial charge is 0.347 e. The largest absolute Gasteiger partial charge is 0.478 e. The molecule has 0 radical (unpaired) electrons. The lowest BCUT2D eigenvalue weighted by molar-refractivity contribution is 0.0443. The summed E-state index contributed by atoms with van der Waals surface area (Å²) in [5.41, 5.74) is 0.921. The van der Waals surface area contributed by atoms with Gasteiger partial charge in [-0.1, -0.05) is 32.6 Å². The summed E-state index contributed by atoms with van der Waals surface area (Å²) in [6.45, 7) is 2.13. The third-order valence-corrected chi connectivity index (χ3v) is 3.63. The number of aromatic carboxylic acids is 1. The van der Waals surface area contributed by atoms with Crippen molar-refractivity contribution < 1.29 is 24.2 Å². The molecule has 1 aromatic rings. The molecule has 0 aliphatic carbocycles. The highest BCUT2D eigenvalue weighted by molar-refractivity contribution is 6.16. The normalized spacial score (nSPS) is 13.2. The van der Waals surface area contributed by atoms with Gasteiger partial charge in [-0.2, -0.15) is 0 Å². The van der Waals surface area contributed by atoms with E-state index in [0.29, 0.717) is 12.0 Å². The Kier molecular flexibility index (Phi) is 4.73. The minimum atomic E-state index is -1.11. The van der Waals surface area contributed by atoms with E-state index in [0.717, 1.165) is 32.1 Å². The molecule has 5 nitrogen and oxygen atoms in total. The number of hydrogen-bond acceptors (Lipinski definition) is 4. The van der Waals surface area contributed by atoms with Gasteiger partial charge in [0, 0.05) is 0 Å². The first kappa shape index (κ1) is 15.2. The predicted molar refractivity (Wildman–Crippen MR) is 75.6 cm³/mol. The molecule has 21 heavy (non-hydrogen) atoms. The topological polar surface area (TPSA) is 80.7 Å². The maximum absolute atomic E-state index is 11.7. The lowest BCUT2D eigenvalue weighted by Crippen LogP contribution is -2.05. The number of rotatable bonds is 7. The van der Waals surface area contributed by atoms with Crippen molar-refractivity contribution >= 4 is 17.9 Å². The Labute approximate surface area is 122 Å². The van der Waals surface area contributed by atoms with Gasteiger partial charge in [0.15, 0.2) is 0 Å². The fraction of sp³-hybridized carbons (Fsp3) is 0.438. The number of benzene rings is 1. The SMILES string of the molecule is CCCCCCCc1cc(C(=O)O)cc2c1C(=O)OC2=O. The number of cyclic esters (lactones) is 2. The number of carbonyl (C=O) groups excluding carboxylic acids is 2. The molecule has 0 saturated carbocycles. The lowest BCUT2D eigenvalue weighted by Gasteiger charge is -2.07. The minimum Gasteiger partial charge on any atom is -0.478 e. The van der Waals surface area contributed by atoms with Gasteiger partial charge in [0.25, 0.3) is 0 Å². The highest BCUT2D eigenvalue weighted by Crippen LogP contribution is 2.27. The predicted octanol–water partition coefficient (Wildman–Crippen LogP) is 3.21. The van der Waals surface area contributed by atoms with Crippen LogP contribution in [0, 0.1) is 0 Å². The van der Waals surface area contributed by atoms with Crippen molar-refractivity contribution in [2.24, 2.45) is 0 Å². The lowest BCUT2D eigenvalue weighted by atomic mass is 9.95. The van der Waals surface area contributed by atoms with Crippen LogP contribution >= 0.6 is 0 Å². The number of hydrogen-bond donors (Lipinski definition) is 1. The second kappa shape index (κ2) is 6.52. The molecular formula is C16H18O5. The number of carbonyl (C=O) groups is 3. The van der Waals surface area contributed by atoms with Crippen LogP contribution in [0.2, 0.25) is 0 Å². The summed E-state index contributed by atoms with van der Waals surface area (Å²) >= 11 is 0. The number of fused-ring (bicyclic) bond motifs is 1. The van der Waals surface area contributed by atoms with Crippen molar-refractivity contribution in [3.05, 3.63) is 34.4 Å². The van der Waals surface area contributed by atoms with E-state index in [2.05, 4.69) is 11.7 Å². The van der Waals surface area contributed by atoms with E-state index in [-0.39, 0.29) is 16.7 Å². The van der Waals surface area contributed by atoms with Gasteiger partial charge in [-0.05, 0) is 30.5 Å². The Morgan fingerprint density at radius 1 is 1.10 bits per heavy atom. The van der Waals surface area contributed by atoms with Gasteiger partial charge in [-0.3, -0.25) is 0 Å². The number of carboxylic acid groups (broad SMARTS) is 1. The molecule has 0 spiro atoms. The van der Waals surface area contributed by atoms with Gasteiger partial charge in [0.2, 0.25) is 0 Å². The van der Waals surface area contributed by atoms with Gasteiger partial charge in [-0.15, -0.1) is 0 Å². The van der Waals surface area contributed by atoms with Crippen LogP contribution < -0.4 is 0 Å². The molecule has 1 N–H and O–H groups in total. The zero-order valence-electron chi connectivity index (χ0n) is 12.0. The van der Waals surface area contributed by atoms with E-state index in [4.69, 9.17) is 5.11 Å². The van der Waals surface area contributed by atoms with Gasteiger partial charge in [-0.25, -0.2) is 14.4 Å². The van der Waals surface area contributed by atoms with Crippen molar-refractivity contribution in [1.29, 1.82) is 0 Å². The Morgan fingerprint density at radius 3 is 2.48 bits per heavy atom. The number of esters is 2. The van der Waals surface area contributed by atoms with Crippen molar-refractivity contribution in [3.63, 3.8) is 0 Å². The molecule has 1 aliphatic heterocycles. The average molecular weight is 290 g/mol. The second-order valence-electron chi connectivity index (χ2n) is 5.20. The van der Waals surface area contributed by atoms with Crippen LogP contribution in [0.15, 0.2) is 12.1 Å². The Balaban J connectivity index is 2.23. The molecule has 0 bridgehead atoms. The summed E-state index contributed by atoms with van der Waals surface area (Å²) in [5.74, 6) is -2.54. The van der Waals surface area contributed by atoms with Crippen LogP contribution in [0.1, 0.15) is 75.7 Å². The third-order valence-electron chi connectivity index (χ3n) is 3.63. The molecule has 1 heterocycles. The van der Waals surface area contributed by atoms with Crippen LogP contribution in [0.3, 0.4) is 0 Å². The highest BCUT2D eigenvalue weighted by atomic mass is 16.6. The molecule has 112 valence electrons. The van der Waals surface area contributed by atoms with Crippen LogP contribution in [0.5, 0.6) is 0 Å². The first-order chi connectivity index (χ1) is 10.0. The first-order valence-corrected chi connectivity index (χ1v) is 7.21. The molecular weight excluding hydrogens is 272 g/mol. The van der Waals surface area contributed by atoms with Gasteiger partial charge >= 0.3 is 17.9 Å². The maximum atomic E-state index is 11.7. The van der Waals surface area contributed by atoms with Crippen LogP contribution in [0.4, 0.5) is 0 Å². The molecule has 0 fully saturated rings. The summed E-state index contributed by atoms with van der Waals surface area (Å²) in [4.78, 5) is 34.4. The molecule has 0 atom stereocenters. The fourth-order valence-corrected chi connectivity index (χ4v) is 2.53. The molecule has 1 aromatic carbocycles. The van der Waals surface area contributed by atoms with Crippen LogP contribution in [-0.2, 0) is 11.2 Å². The molecule has 1 aliphatic rings. The summed E-state index contributed by atoms with van der Waals surface area (Å²) < 4.78 is 4.58. The number of carboxylic acids is 1. The molecule has 0 amide bonds. The van der Waals surface area contributed by atoms with Gasteiger partial charge in [0.1, 0.15) is 0 Å². The van der Waals surface area contributed by atoms with Crippen LogP contribution in [0.25, 0.3) is 0 Å². The number of unbranched alkanes of at least 4 members (excludes halogenated alkanes) is 4. The summed E-state index contributed by atoms with van der Waals surface area (Å²) in [6.07, 6.45) is 5.87. The zero-order chi connectivity index (χ0) is 15.4. The van der Waals surface area contributed by atoms with Gasteiger partial charge in [0.05, 0.1) is 16.7 Å². The van der Waals surface area contributed by atoms with Crippen molar-refractivity contribution in [2.75, 3.05) is 0 Å². The maximum Gasteiger partial charge on any atom is 0.347 e. The Morgan fingerprint density at radius 2 is 1.81 bits per heavy atom. The van der Waals surface area contributed by atoms with E-state index >= 15 is 0 Å². The number of aryl methyl sites for hydroxylation is 1. The van der Waals surface area contributed by atoms with E-state index in [1.807, 2.05) is 0 Å². The zero-order valence-corrected chi connectivity index (χ0v) is 12.0. The Bertz CT molecular complexity index is 589. The molecule has 0 aromatic heterocycles. The fourth-order valence-electron chi connectivity index (χ4n) is 2.53. The second-order valence-corrected chi connectivity index (χ2v) is 5.20. The van der Waals surface area contributed by atoms with E-state index in [1.54, 1.807) is 0 Å². The molecule has 0 unspecified atom stereocenters. The molecule has 0 saturated heterocycles. The van der Waals surface area contributed by atoms with Crippen molar-refractivity contribution in [2.45, 2.75) is 45.4 Å². The first-order valence-electron chi connectivity index (χ1n) is 7.21. The molecule has 5 heteroatoms. The van der Waals surface area contributed by atoms with Crippen molar-refractivity contribution in [1.82, 2.24) is 0 Å². The number of ether oxygens (including phenoxy) is 1. The standard InChI is InChI=1S/C16H18O5/c1-2-3-4-5-6-7-10-8-11(14(17)18)9-12-13(10)16(20)21-15(12)19/h8-9H,2-7H2,1H3,(H,17,18). The minimum absolute atomic E-state index is 0.0176. The monoisotopic (exact) mass is 290 g/mol. The summed E-state index contributed by atoms with van der Waals surface area (Å²) in [7, 11) is 0. The average Bonchev–Trinajstić information content (AvgIpc) is 2.73. The molecule has 2 rings (SSSR count). The summed E-state index contributed by atoms with van der Waals surface area (Å²) in [5, 5.41) is 9.10. The van der Waals surface area contributed by atoms with E-state index in [1.165, 1.54) is 12.1 Å². The van der Waals surface area contributed by atoms with E-state index in [9.17, 15) is 14.4 Å². The third kappa shape index (κ3) is 3.29.